The third-order valence-corrected chi connectivity index (χ3v) is 3.50. The number of rotatable bonds is 7. The summed E-state index contributed by atoms with van der Waals surface area (Å²) in [5.41, 5.74) is 1.15. The Labute approximate surface area is 126 Å². The smallest absolute Gasteiger partial charge is 0.302 e. The van der Waals surface area contributed by atoms with Gasteiger partial charge in [-0.05, 0) is 24.8 Å². The molecule has 0 aliphatic carbocycles. The summed E-state index contributed by atoms with van der Waals surface area (Å²) in [6.45, 7) is 7.53. The molecule has 4 heteroatoms. The van der Waals surface area contributed by atoms with Gasteiger partial charge in [0.1, 0.15) is 18.1 Å². The fraction of sp³-hybridized carbons (Fsp3) is 0.529. The van der Waals surface area contributed by atoms with E-state index in [1.165, 1.54) is 13.0 Å². The number of phenolic OH excluding ortho intramolecular Hbond substituents is 1. The standard InChI is InChI=1S/C17H24O4/c1-5-14(17(8-11(2)3)21-12(4)19)15-7-6-13(10-18)9-16(15)20/h6-7,9-11,14,17,20H,5,8H2,1-4H3. The number of esters is 1. The van der Waals surface area contributed by atoms with E-state index in [9.17, 15) is 14.7 Å². The molecule has 116 valence electrons. The van der Waals surface area contributed by atoms with Crippen molar-refractivity contribution >= 4 is 12.3 Å². The minimum atomic E-state index is -0.317. The van der Waals surface area contributed by atoms with Crippen LogP contribution in [0.3, 0.4) is 0 Å². The van der Waals surface area contributed by atoms with Gasteiger partial charge in [-0.2, -0.15) is 0 Å². The van der Waals surface area contributed by atoms with Crippen LogP contribution in [0.1, 0.15) is 62.4 Å². The van der Waals surface area contributed by atoms with E-state index in [-0.39, 0.29) is 23.7 Å². The Kier molecular flexibility index (Phi) is 6.40. The van der Waals surface area contributed by atoms with Gasteiger partial charge in [0.25, 0.3) is 0 Å². The number of aldehydes is 1. The monoisotopic (exact) mass is 292 g/mol. The number of aromatic hydroxyl groups is 1. The molecule has 2 unspecified atom stereocenters. The van der Waals surface area contributed by atoms with Crippen LogP contribution in [-0.4, -0.2) is 23.5 Å². The maximum atomic E-state index is 11.3. The summed E-state index contributed by atoms with van der Waals surface area (Å²) < 4.78 is 5.46. The van der Waals surface area contributed by atoms with Crippen LogP contribution in [0.5, 0.6) is 5.75 Å². The summed E-state index contributed by atoms with van der Waals surface area (Å²) in [4.78, 5) is 22.1. The number of carbonyl (C=O) groups excluding carboxylic acids is 2. The SMILES string of the molecule is CCC(c1ccc(C=O)cc1O)C(CC(C)C)OC(C)=O. The molecular weight excluding hydrogens is 268 g/mol. The molecule has 0 bridgehead atoms. The molecule has 0 saturated heterocycles. The van der Waals surface area contributed by atoms with Crippen molar-refractivity contribution in [1.82, 2.24) is 0 Å². The highest BCUT2D eigenvalue weighted by Crippen LogP contribution is 2.35. The predicted octanol–water partition coefficient (Wildman–Crippen LogP) is 3.68. The average molecular weight is 292 g/mol. The first-order chi connectivity index (χ1) is 9.88. The third-order valence-electron chi connectivity index (χ3n) is 3.50. The normalized spacial score (nSPS) is 13.8. The summed E-state index contributed by atoms with van der Waals surface area (Å²) in [5.74, 6) is 0.0484. The Morgan fingerprint density at radius 2 is 2.05 bits per heavy atom. The first-order valence-electron chi connectivity index (χ1n) is 7.34. The first kappa shape index (κ1) is 17.2. The van der Waals surface area contributed by atoms with E-state index in [4.69, 9.17) is 4.74 Å². The van der Waals surface area contributed by atoms with Crippen LogP contribution in [0.2, 0.25) is 0 Å². The second kappa shape index (κ2) is 7.81. The van der Waals surface area contributed by atoms with Gasteiger partial charge in [0.05, 0.1) is 0 Å². The largest absolute Gasteiger partial charge is 0.508 e. The van der Waals surface area contributed by atoms with Crippen LogP contribution in [0.15, 0.2) is 18.2 Å². The zero-order valence-electron chi connectivity index (χ0n) is 13.1. The molecule has 0 aliphatic rings. The van der Waals surface area contributed by atoms with Gasteiger partial charge in [-0.15, -0.1) is 0 Å². The number of phenols is 1. The van der Waals surface area contributed by atoms with Crippen molar-refractivity contribution in [2.45, 2.75) is 52.6 Å². The Morgan fingerprint density at radius 3 is 2.48 bits per heavy atom. The fourth-order valence-electron chi connectivity index (χ4n) is 2.60. The molecule has 0 radical (unpaired) electrons. The van der Waals surface area contributed by atoms with Gasteiger partial charge >= 0.3 is 5.97 Å². The number of hydrogen-bond donors (Lipinski definition) is 1. The fourth-order valence-corrected chi connectivity index (χ4v) is 2.60. The number of ether oxygens (including phenoxy) is 1. The molecule has 0 fully saturated rings. The van der Waals surface area contributed by atoms with E-state index in [1.807, 2.05) is 6.92 Å². The molecule has 2 atom stereocenters. The van der Waals surface area contributed by atoms with E-state index < -0.39 is 0 Å². The summed E-state index contributed by atoms with van der Waals surface area (Å²) >= 11 is 0. The molecule has 1 aromatic rings. The van der Waals surface area contributed by atoms with Crippen molar-refractivity contribution < 1.29 is 19.4 Å². The first-order valence-corrected chi connectivity index (χ1v) is 7.34. The van der Waals surface area contributed by atoms with E-state index in [0.29, 0.717) is 17.8 Å². The minimum absolute atomic E-state index is 0.0763. The van der Waals surface area contributed by atoms with Gasteiger partial charge in [-0.1, -0.05) is 32.9 Å². The predicted molar refractivity (Wildman–Crippen MR) is 81.5 cm³/mol. The topological polar surface area (TPSA) is 63.6 Å². The third kappa shape index (κ3) is 4.88. The Balaban J connectivity index is 3.11. The lowest BCUT2D eigenvalue weighted by atomic mass is 9.85. The van der Waals surface area contributed by atoms with E-state index in [2.05, 4.69) is 13.8 Å². The number of carbonyl (C=O) groups is 2. The van der Waals surface area contributed by atoms with Gasteiger partial charge in [0.2, 0.25) is 0 Å². The summed E-state index contributed by atoms with van der Waals surface area (Å²) in [6.07, 6.45) is 1.88. The average Bonchev–Trinajstić information content (AvgIpc) is 2.39. The minimum Gasteiger partial charge on any atom is -0.508 e. The molecular formula is C17H24O4. The van der Waals surface area contributed by atoms with E-state index in [0.717, 1.165) is 18.4 Å². The Bertz CT molecular complexity index is 494. The van der Waals surface area contributed by atoms with Gasteiger partial charge in [-0.3, -0.25) is 9.59 Å². The van der Waals surface area contributed by atoms with Crippen molar-refractivity contribution in [3.8, 4) is 5.75 Å². The lowest BCUT2D eigenvalue weighted by Crippen LogP contribution is -2.26. The van der Waals surface area contributed by atoms with Crippen molar-refractivity contribution in [1.29, 1.82) is 0 Å². The lowest BCUT2D eigenvalue weighted by molar-refractivity contribution is -0.148. The summed E-state index contributed by atoms with van der Waals surface area (Å²) in [7, 11) is 0. The Hall–Kier alpha value is -1.84. The second-order valence-electron chi connectivity index (χ2n) is 5.73. The van der Waals surface area contributed by atoms with Crippen LogP contribution in [0.25, 0.3) is 0 Å². The molecule has 1 aromatic carbocycles. The summed E-state index contributed by atoms with van der Waals surface area (Å²) in [5, 5.41) is 10.1. The molecule has 0 aliphatic heterocycles. The van der Waals surface area contributed by atoms with Crippen molar-refractivity contribution in [3.05, 3.63) is 29.3 Å². The van der Waals surface area contributed by atoms with Gasteiger partial charge in [0, 0.05) is 24.0 Å². The Morgan fingerprint density at radius 1 is 1.38 bits per heavy atom. The van der Waals surface area contributed by atoms with Crippen molar-refractivity contribution in [3.63, 3.8) is 0 Å². The van der Waals surface area contributed by atoms with Crippen molar-refractivity contribution in [2.75, 3.05) is 0 Å². The van der Waals surface area contributed by atoms with Gasteiger partial charge < -0.3 is 9.84 Å². The zero-order valence-corrected chi connectivity index (χ0v) is 13.1. The zero-order chi connectivity index (χ0) is 16.0. The molecule has 0 heterocycles. The van der Waals surface area contributed by atoms with Crippen LogP contribution < -0.4 is 0 Å². The lowest BCUT2D eigenvalue weighted by Gasteiger charge is -2.28. The molecule has 4 nitrogen and oxygen atoms in total. The number of benzene rings is 1. The molecule has 21 heavy (non-hydrogen) atoms. The molecule has 0 aromatic heterocycles. The highest BCUT2D eigenvalue weighted by Gasteiger charge is 2.27. The highest BCUT2D eigenvalue weighted by atomic mass is 16.5. The maximum Gasteiger partial charge on any atom is 0.302 e. The molecule has 0 saturated carbocycles. The second-order valence-corrected chi connectivity index (χ2v) is 5.73. The van der Waals surface area contributed by atoms with Crippen molar-refractivity contribution in [2.24, 2.45) is 5.92 Å². The molecule has 0 amide bonds. The number of hydrogen-bond acceptors (Lipinski definition) is 4. The van der Waals surface area contributed by atoms with Crippen LogP contribution in [0, 0.1) is 5.92 Å². The van der Waals surface area contributed by atoms with Crippen LogP contribution in [-0.2, 0) is 9.53 Å². The van der Waals surface area contributed by atoms with Gasteiger partial charge in [0.15, 0.2) is 0 Å². The highest BCUT2D eigenvalue weighted by molar-refractivity contribution is 5.76. The molecule has 1 rings (SSSR count). The van der Waals surface area contributed by atoms with Crippen LogP contribution in [0.4, 0.5) is 0 Å². The molecule has 1 N–H and O–H groups in total. The van der Waals surface area contributed by atoms with E-state index >= 15 is 0 Å². The van der Waals surface area contributed by atoms with Gasteiger partial charge in [-0.25, -0.2) is 0 Å². The quantitative estimate of drug-likeness (QED) is 0.615. The molecule has 0 spiro atoms. The van der Waals surface area contributed by atoms with Crippen LogP contribution >= 0.6 is 0 Å². The maximum absolute atomic E-state index is 11.3. The van der Waals surface area contributed by atoms with E-state index in [1.54, 1.807) is 12.1 Å². The summed E-state index contributed by atoms with van der Waals surface area (Å²) in [6, 6.07) is 4.86.